The molecule has 1 aliphatic heterocycles. The van der Waals surface area contributed by atoms with Crippen LogP contribution >= 0.6 is 27.7 Å². The zero-order valence-corrected chi connectivity index (χ0v) is 19.1. The molecule has 0 unspecified atom stereocenters. The molecule has 0 bridgehead atoms. The third-order valence-electron chi connectivity index (χ3n) is 4.17. The predicted molar refractivity (Wildman–Crippen MR) is 126 cm³/mol. The van der Waals surface area contributed by atoms with E-state index in [1.54, 1.807) is 11.0 Å². The SMILES string of the molecule is CCN=C1S/C(=C/c2ccc(OCC(=O)Nc3ccccc3)c(Br)c2)C(=O)N1CC. The summed E-state index contributed by atoms with van der Waals surface area (Å²) in [4.78, 5) is 31.3. The number of para-hydroxylation sites is 1. The monoisotopic (exact) mass is 487 g/mol. The van der Waals surface area contributed by atoms with Crippen LogP contribution in [0.25, 0.3) is 6.08 Å². The maximum Gasteiger partial charge on any atom is 0.266 e. The second-order valence-electron chi connectivity index (χ2n) is 6.31. The van der Waals surface area contributed by atoms with Gasteiger partial charge in [0.2, 0.25) is 0 Å². The van der Waals surface area contributed by atoms with Gasteiger partial charge in [-0.2, -0.15) is 0 Å². The maximum absolute atomic E-state index is 12.6. The summed E-state index contributed by atoms with van der Waals surface area (Å²) in [6, 6.07) is 14.7. The van der Waals surface area contributed by atoms with Gasteiger partial charge in [-0.1, -0.05) is 24.3 Å². The van der Waals surface area contributed by atoms with Crippen LogP contribution in [0.4, 0.5) is 5.69 Å². The number of hydrogen-bond acceptors (Lipinski definition) is 5. The van der Waals surface area contributed by atoms with Crippen molar-refractivity contribution in [2.45, 2.75) is 13.8 Å². The lowest BCUT2D eigenvalue weighted by atomic mass is 10.2. The molecule has 30 heavy (non-hydrogen) atoms. The minimum absolute atomic E-state index is 0.0382. The highest BCUT2D eigenvalue weighted by Gasteiger charge is 2.31. The van der Waals surface area contributed by atoms with Crippen molar-refractivity contribution >= 4 is 56.4 Å². The molecule has 0 aliphatic carbocycles. The highest BCUT2D eigenvalue weighted by Crippen LogP contribution is 2.34. The van der Waals surface area contributed by atoms with Crippen LogP contribution in [0.1, 0.15) is 19.4 Å². The van der Waals surface area contributed by atoms with Gasteiger partial charge < -0.3 is 10.1 Å². The van der Waals surface area contributed by atoms with Crippen molar-refractivity contribution in [1.82, 2.24) is 4.90 Å². The van der Waals surface area contributed by atoms with Gasteiger partial charge in [-0.15, -0.1) is 0 Å². The van der Waals surface area contributed by atoms with Crippen LogP contribution in [0.2, 0.25) is 0 Å². The highest BCUT2D eigenvalue weighted by molar-refractivity contribution is 9.10. The van der Waals surface area contributed by atoms with E-state index >= 15 is 0 Å². The molecule has 3 rings (SSSR count). The molecule has 2 aromatic carbocycles. The normalized spacial score (nSPS) is 16.4. The van der Waals surface area contributed by atoms with Gasteiger partial charge in [0.1, 0.15) is 5.75 Å². The fourth-order valence-corrected chi connectivity index (χ4v) is 4.39. The first-order chi connectivity index (χ1) is 14.5. The minimum atomic E-state index is -0.241. The maximum atomic E-state index is 12.6. The summed E-state index contributed by atoms with van der Waals surface area (Å²) < 4.78 is 6.32. The fraction of sp³-hybridized carbons (Fsp3) is 0.227. The van der Waals surface area contributed by atoms with E-state index in [0.29, 0.717) is 28.2 Å². The van der Waals surface area contributed by atoms with Gasteiger partial charge in [-0.25, -0.2) is 0 Å². The second kappa shape index (κ2) is 10.4. The average Bonchev–Trinajstić information content (AvgIpc) is 3.02. The second-order valence-corrected chi connectivity index (χ2v) is 8.17. The van der Waals surface area contributed by atoms with Crippen LogP contribution in [-0.4, -0.2) is 41.6 Å². The number of amides is 2. The number of halogens is 1. The molecule has 6 nitrogen and oxygen atoms in total. The van der Waals surface area contributed by atoms with Crippen LogP contribution in [0.15, 0.2) is 62.9 Å². The molecular weight excluding hydrogens is 466 g/mol. The van der Waals surface area contributed by atoms with Crippen LogP contribution in [-0.2, 0) is 9.59 Å². The molecule has 2 aromatic rings. The van der Waals surface area contributed by atoms with E-state index in [1.165, 1.54) is 11.8 Å². The topological polar surface area (TPSA) is 71.0 Å². The molecule has 1 saturated heterocycles. The first kappa shape index (κ1) is 22.1. The van der Waals surface area contributed by atoms with E-state index in [0.717, 1.165) is 16.4 Å². The summed E-state index contributed by atoms with van der Waals surface area (Å²) >= 11 is 4.86. The number of aliphatic imine (C=N–C) groups is 1. The molecule has 1 aliphatic rings. The Labute approximate surface area is 188 Å². The zero-order chi connectivity index (χ0) is 21.5. The number of amidine groups is 1. The first-order valence-electron chi connectivity index (χ1n) is 9.55. The van der Waals surface area contributed by atoms with E-state index in [9.17, 15) is 9.59 Å². The van der Waals surface area contributed by atoms with Crippen molar-refractivity contribution in [1.29, 1.82) is 0 Å². The Bertz CT molecular complexity index is 992. The van der Waals surface area contributed by atoms with E-state index < -0.39 is 0 Å². The van der Waals surface area contributed by atoms with Crippen molar-refractivity contribution in [2.24, 2.45) is 4.99 Å². The van der Waals surface area contributed by atoms with E-state index in [4.69, 9.17) is 4.74 Å². The Hall–Kier alpha value is -2.58. The van der Waals surface area contributed by atoms with Gasteiger partial charge in [0.05, 0.1) is 9.38 Å². The first-order valence-corrected chi connectivity index (χ1v) is 11.2. The van der Waals surface area contributed by atoms with Crippen molar-refractivity contribution in [3.63, 3.8) is 0 Å². The van der Waals surface area contributed by atoms with Gasteiger partial charge >= 0.3 is 0 Å². The van der Waals surface area contributed by atoms with Gasteiger partial charge in [-0.05, 0) is 77.4 Å². The fourth-order valence-electron chi connectivity index (χ4n) is 2.78. The largest absolute Gasteiger partial charge is 0.483 e. The molecule has 1 fully saturated rings. The van der Waals surface area contributed by atoms with E-state index in [2.05, 4.69) is 26.2 Å². The molecule has 0 saturated carbocycles. The van der Waals surface area contributed by atoms with Gasteiger partial charge in [0.15, 0.2) is 11.8 Å². The van der Waals surface area contributed by atoms with Crippen molar-refractivity contribution in [2.75, 3.05) is 25.0 Å². The number of hydrogen-bond donors (Lipinski definition) is 1. The lowest BCUT2D eigenvalue weighted by molar-refractivity contribution is -0.122. The molecule has 156 valence electrons. The average molecular weight is 488 g/mol. The number of carbonyl (C=O) groups is 2. The molecule has 0 spiro atoms. The summed E-state index contributed by atoms with van der Waals surface area (Å²) in [6.07, 6.45) is 1.84. The Morgan fingerprint density at radius 2 is 2.00 bits per heavy atom. The number of ether oxygens (including phenoxy) is 1. The Morgan fingerprint density at radius 1 is 1.23 bits per heavy atom. The molecule has 0 atom stereocenters. The molecule has 1 N–H and O–H groups in total. The Balaban J connectivity index is 1.65. The standard InChI is InChI=1S/C22H22BrN3O3S/c1-3-24-22-26(4-2)21(28)19(30-22)13-15-10-11-18(17(23)12-15)29-14-20(27)25-16-8-6-5-7-9-16/h5-13H,3-4,14H2,1-2H3,(H,25,27)/b19-13+,24-22?. The summed E-state index contributed by atoms with van der Waals surface area (Å²) in [7, 11) is 0. The van der Waals surface area contributed by atoms with E-state index in [-0.39, 0.29) is 18.4 Å². The van der Waals surface area contributed by atoms with Crippen LogP contribution in [0.3, 0.4) is 0 Å². The number of anilines is 1. The van der Waals surface area contributed by atoms with Gasteiger partial charge in [-0.3, -0.25) is 19.5 Å². The molecular formula is C22H22BrN3O3S. The van der Waals surface area contributed by atoms with Crippen LogP contribution in [0.5, 0.6) is 5.75 Å². The smallest absolute Gasteiger partial charge is 0.266 e. The molecule has 8 heteroatoms. The number of nitrogens with zero attached hydrogens (tertiary/aromatic N) is 2. The minimum Gasteiger partial charge on any atom is -0.483 e. The third kappa shape index (κ3) is 5.52. The quantitative estimate of drug-likeness (QED) is 0.570. The van der Waals surface area contributed by atoms with Crippen molar-refractivity contribution in [3.05, 3.63) is 63.5 Å². The number of rotatable bonds is 7. The van der Waals surface area contributed by atoms with Gasteiger partial charge in [0.25, 0.3) is 11.8 Å². The summed E-state index contributed by atoms with van der Waals surface area (Å²) in [5, 5.41) is 3.51. The summed E-state index contributed by atoms with van der Waals surface area (Å²) in [5.41, 5.74) is 1.57. The van der Waals surface area contributed by atoms with Crippen LogP contribution < -0.4 is 10.1 Å². The predicted octanol–water partition coefficient (Wildman–Crippen LogP) is 4.78. The number of benzene rings is 2. The zero-order valence-electron chi connectivity index (χ0n) is 16.7. The number of thioether (sulfide) groups is 1. The van der Waals surface area contributed by atoms with Gasteiger partial charge in [0, 0.05) is 18.8 Å². The summed E-state index contributed by atoms with van der Waals surface area (Å²) in [5.74, 6) is 0.271. The Kier molecular flexibility index (Phi) is 7.70. The van der Waals surface area contributed by atoms with Crippen molar-refractivity contribution < 1.29 is 14.3 Å². The van der Waals surface area contributed by atoms with Crippen molar-refractivity contribution in [3.8, 4) is 5.75 Å². The summed E-state index contributed by atoms with van der Waals surface area (Å²) in [6.45, 7) is 5.00. The number of likely N-dealkylation sites (N-methyl/N-ethyl adjacent to an activating group) is 1. The number of nitrogens with one attached hydrogen (secondary N) is 1. The lowest BCUT2D eigenvalue weighted by Crippen LogP contribution is -2.28. The third-order valence-corrected chi connectivity index (χ3v) is 5.83. The highest BCUT2D eigenvalue weighted by atomic mass is 79.9. The Morgan fingerprint density at radius 3 is 2.67 bits per heavy atom. The molecule has 0 radical (unpaired) electrons. The van der Waals surface area contributed by atoms with Crippen LogP contribution in [0, 0.1) is 0 Å². The lowest BCUT2D eigenvalue weighted by Gasteiger charge is -2.11. The number of carbonyl (C=O) groups excluding carboxylic acids is 2. The molecule has 2 amide bonds. The van der Waals surface area contributed by atoms with E-state index in [1.807, 2.05) is 62.4 Å². The molecule has 0 aromatic heterocycles. The molecule has 1 heterocycles.